The molecule has 3 heterocycles. The zero-order chi connectivity index (χ0) is 25.7. The topological polar surface area (TPSA) is 81.1 Å². The first-order chi connectivity index (χ1) is 17.4. The predicted octanol–water partition coefficient (Wildman–Crippen LogP) is 5.13. The Balaban J connectivity index is 0.00000380. The van der Waals surface area contributed by atoms with Gasteiger partial charge in [0.1, 0.15) is 48.9 Å². The Labute approximate surface area is 223 Å². The first-order valence-corrected chi connectivity index (χ1v) is 11.9. The Morgan fingerprint density at radius 2 is 2.08 bits per heavy atom. The predicted molar refractivity (Wildman–Crippen MR) is 134 cm³/mol. The lowest BCUT2D eigenvalue weighted by atomic mass is 9.97. The molecule has 1 N–H and O–H groups in total. The third kappa shape index (κ3) is 7.43. The molecular formula is C25H27Cl2F3N2O5. The summed E-state index contributed by atoms with van der Waals surface area (Å²) in [6, 6.07) is 4.34. The van der Waals surface area contributed by atoms with Crippen molar-refractivity contribution in [3.05, 3.63) is 51.9 Å². The van der Waals surface area contributed by atoms with Crippen molar-refractivity contribution in [3.8, 4) is 17.4 Å². The van der Waals surface area contributed by atoms with E-state index in [-0.39, 0.29) is 48.2 Å². The van der Waals surface area contributed by atoms with Gasteiger partial charge in [0.25, 0.3) is 0 Å². The number of nitrogens with zero attached hydrogens (tertiary/aromatic N) is 2. The lowest BCUT2D eigenvalue weighted by molar-refractivity contribution is -0.143. The number of hydrogen-bond donors (Lipinski definition) is 1. The van der Waals surface area contributed by atoms with Crippen molar-refractivity contribution in [1.29, 1.82) is 0 Å². The molecule has 202 valence electrons. The van der Waals surface area contributed by atoms with Gasteiger partial charge < -0.3 is 19.3 Å². The van der Waals surface area contributed by atoms with Gasteiger partial charge >= 0.3 is 5.97 Å². The van der Waals surface area contributed by atoms with E-state index in [0.717, 1.165) is 18.5 Å². The summed E-state index contributed by atoms with van der Waals surface area (Å²) in [6.07, 6.45) is 3.34. The van der Waals surface area contributed by atoms with Crippen LogP contribution < -0.4 is 14.2 Å². The zero-order valence-electron chi connectivity index (χ0n) is 19.8. The van der Waals surface area contributed by atoms with Crippen molar-refractivity contribution in [1.82, 2.24) is 9.88 Å². The fourth-order valence-corrected chi connectivity index (χ4v) is 4.40. The minimum atomic E-state index is -1.27. The third-order valence-corrected chi connectivity index (χ3v) is 6.27. The summed E-state index contributed by atoms with van der Waals surface area (Å²) in [5, 5.41) is 9.35. The number of carboxylic acid groups (broad SMARTS) is 1. The molecule has 7 nitrogen and oxygen atoms in total. The highest BCUT2D eigenvalue weighted by atomic mass is 35.5. The van der Waals surface area contributed by atoms with Gasteiger partial charge in [-0.1, -0.05) is 11.6 Å². The zero-order valence-corrected chi connectivity index (χ0v) is 21.4. The molecule has 2 aromatic rings. The number of piperidine rings is 1. The molecule has 0 bridgehead atoms. The number of alkyl halides is 2. The molecule has 0 spiro atoms. The Morgan fingerprint density at radius 1 is 1.30 bits per heavy atom. The summed E-state index contributed by atoms with van der Waals surface area (Å²) < 4.78 is 56.7. The minimum Gasteiger partial charge on any atom is -0.489 e. The lowest BCUT2D eigenvalue weighted by Gasteiger charge is -2.32. The van der Waals surface area contributed by atoms with E-state index < -0.39 is 31.2 Å². The second kappa shape index (κ2) is 13.2. The van der Waals surface area contributed by atoms with E-state index in [9.17, 15) is 23.1 Å². The Kier molecular flexibility index (Phi) is 10.3. The summed E-state index contributed by atoms with van der Waals surface area (Å²) >= 11 is 6.09. The highest BCUT2D eigenvalue weighted by molar-refractivity contribution is 6.31. The summed E-state index contributed by atoms with van der Waals surface area (Å²) in [7, 11) is 0. The van der Waals surface area contributed by atoms with Crippen LogP contribution in [0.15, 0.2) is 30.0 Å². The average Bonchev–Trinajstić information content (AvgIpc) is 2.87. The van der Waals surface area contributed by atoms with Gasteiger partial charge in [-0.3, -0.25) is 9.69 Å². The van der Waals surface area contributed by atoms with Crippen molar-refractivity contribution in [2.75, 3.05) is 39.6 Å². The highest BCUT2D eigenvalue weighted by Crippen LogP contribution is 2.34. The van der Waals surface area contributed by atoms with E-state index in [4.69, 9.17) is 25.8 Å². The number of likely N-dealkylation sites (tertiary alicyclic amines) is 1. The van der Waals surface area contributed by atoms with Crippen molar-refractivity contribution >= 4 is 36.1 Å². The SMILES string of the molecule is Cl.O=C(O)[C@@H]1CCCN(CC2=Cc3c(F)cc(OCc4cnc(OC(CF)CF)c(Cl)c4)cc3OC2)C1. The monoisotopic (exact) mass is 562 g/mol. The number of rotatable bonds is 10. The van der Waals surface area contributed by atoms with Gasteiger partial charge in [-0.15, -0.1) is 12.4 Å². The fourth-order valence-electron chi connectivity index (χ4n) is 4.17. The Morgan fingerprint density at radius 3 is 2.78 bits per heavy atom. The van der Waals surface area contributed by atoms with Crippen molar-refractivity contribution < 1.29 is 37.3 Å². The van der Waals surface area contributed by atoms with Gasteiger partial charge in [-0.05, 0) is 37.1 Å². The molecule has 12 heteroatoms. The lowest BCUT2D eigenvalue weighted by Crippen LogP contribution is -2.40. The molecule has 1 aromatic heterocycles. The van der Waals surface area contributed by atoms with Crippen LogP contribution in [-0.2, 0) is 11.4 Å². The molecule has 1 saturated heterocycles. The first kappa shape index (κ1) is 28.9. The molecule has 2 aliphatic rings. The fraction of sp³-hybridized carbons (Fsp3) is 0.440. The summed E-state index contributed by atoms with van der Waals surface area (Å²) in [4.78, 5) is 17.3. The van der Waals surface area contributed by atoms with Gasteiger partial charge in [0.15, 0.2) is 6.10 Å². The summed E-state index contributed by atoms with van der Waals surface area (Å²) in [5.74, 6) is -1.18. The van der Waals surface area contributed by atoms with Crippen LogP contribution in [0.1, 0.15) is 24.0 Å². The molecule has 0 amide bonds. The maximum atomic E-state index is 14.9. The number of aliphatic carboxylic acids is 1. The number of carboxylic acids is 1. The molecule has 0 aliphatic carbocycles. The van der Waals surface area contributed by atoms with Crippen molar-refractivity contribution in [2.45, 2.75) is 25.6 Å². The second-order valence-corrected chi connectivity index (χ2v) is 9.20. The van der Waals surface area contributed by atoms with Crippen LogP contribution in [-0.4, -0.2) is 66.7 Å². The van der Waals surface area contributed by atoms with E-state index in [1.54, 1.807) is 12.1 Å². The number of halogens is 5. The van der Waals surface area contributed by atoms with Gasteiger partial charge in [0, 0.05) is 37.0 Å². The van der Waals surface area contributed by atoms with E-state index >= 15 is 0 Å². The summed E-state index contributed by atoms with van der Waals surface area (Å²) in [6.45, 7) is 0.0444. The molecule has 4 rings (SSSR count). The molecule has 1 atom stereocenters. The van der Waals surface area contributed by atoms with Crippen LogP contribution in [0.4, 0.5) is 13.2 Å². The molecular weight excluding hydrogens is 536 g/mol. The number of carbonyl (C=O) groups is 1. The average molecular weight is 563 g/mol. The van der Waals surface area contributed by atoms with Crippen molar-refractivity contribution in [3.63, 3.8) is 0 Å². The third-order valence-electron chi connectivity index (χ3n) is 6.00. The standard InChI is InChI=1S/C25H26ClF3N2O5.ClH/c26-21-5-15(10-30-24(21)36-19(8-27)9-28)13-34-18-6-22(29)20-4-16(14-35-23(20)7-18)11-31-3-1-2-17(12-31)25(32)33;/h4-7,10,17,19H,1-3,8-9,11-14H2,(H,32,33);1H/t17-;/m1./s1. The van der Waals surface area contributed by atoms with Gasteiger partial charge in [-0.2, -0.15) is 0 Å². The Hall–Kier alpha value is -2.69. The minimum absolute atomic E-state index is 0. The van der Waals surface area contributed by atoms with E-state index in [2.05, 4.69) is 9.88 Å². The Bertz CT molecular complexity index is 1130. The van der Waals surface area contributed by atoms with Gasteiger partial charge in [0.05, 0.1) is 11.5 Å². The van der Waals surface area contributed by atoms with Crippen LogP contribution in [0.5, 0.6) is 17.4 Å². The van der Waals surface area contributed by atoms with Crippen LogP contribution in [0, 0.1) is 11.7 Å². The van der Waals surface area contributed by atoms with Crippen LogP contribution >= 0.6 is 24.0 Å². The van der Waals surface area contributed by atoms with E-state index in [0.29, 0.717) is 36.4 Å². The quantitative estimate of drug-likeness (QED) is 0.429. The molecule has 0 unspecified atom stereocenters. The van der Waals surface area contributed by atoms with Gasteiger partial charge in [0.2, 0.25) is 5.88 Å². The molecule has 0 saturated carbocycles. The first-order valence-electron chi connectivity index (χ1n) is 11.5. The second-order valence-electron chi connectivity index (χ2n) is 8.79. The normalized spacial score (nSPS) is 17.3. The smallest absolute Gasteiger partial charge is 0.307 e. The maximum absolute atomic E-state index is 14.9. The van der Waals surface area contributed by atoms with Gasteiger partial charge in [-0.25, -0.2) is 18.2 Å². The molecule has 2 aliphatic heterocycles. The molecule has 1 fully saturated rings. The van der Waals surface area contributed by atoms with Crippen LogP contribution in [0.2, 0.25) is 5.02 Å². The highest BCUT2D eigenvalue weighted by Gasteiger charge is 2.27. The number of hydrogen-bond acceptors (Lipinski definition) is 6. The molecule has 0 radical (unpaired) electrons. The number of ether oxygens (including phenoxy) is 3. The number of aromatic nitrogens is 1. The number of pyridine rings is 1. The summed E-state index contributed by atoms with van der Waals surface area (Å²) in [5.41, 5.74) is 1.73. The van der Waals surface area contributed by atoms with E-state index in [1.807, 2.05) is 0 Å². The van der Waals surface area contributed by atoms with Crippen LogP contribution in [0.3, 0.4) is 0 Å². The number of benzene rings is 1. The molecule has 37 heavy (non-hydrogen) atoms. The largest absolute Gasteiger partial charge is 0.489 e. The van der Waals surface area contributed by atoms with Crippen LogP contribution in [0.25, 0.3) is 6.08 Å². The number of fused-ring (bicyclic) bond motifs is 1. The van der Waals surface area contributed by atoms with E-state index in [1.165, 1.54) is 18.3 Å². The molecule has 1 aromatic carbocycles. The maximum Gasteiger partial charge on any atom is 0.307 e. The van der Waals surface area contributed by atoms with Crippen molar-refractivity contribution in [2.24, 2.45) is 5.92 Å².